The van der Waals surface area contributed by atoms with Crippen molar-refractivity contribution in [3.05, 3.63) is 48.5 Å². The molecule has 1 aliphatic heterocycles. The number of hydrogen-bond donors (Lipinski definition) is 1. The van der Waals surface area contributed by atoms with Gasteiger partial charge >= 0.3 is 0 Å². The van der Waals surface area contributed by atoms with Crippen molar-refractivity contribution in [3.63, 3.8) is 0 Å². The third-order valence-corrected chi connectivity index (χ3v) is 3.10. The summed E-state index contributed by atoms with van der Waals surface area (Å²) in [6.07, 6.45) is 1.31. The predicted octanol–water partition coefficient (Wildman–Crippen LogP) is 2.49. The summed E-state index contributed by atoms with van der Waals surface area (Å²) in [5.74, 6) is 0.713. The van der Waals surface area contributed by atoms with E-state index in [1.54, 1.807) is 0 Å². The van der Waals surface area contributed by atoms with Gasteiger partial charge < -0.3 is 10.1 Å². The molecule has 2 aromatic rings. The van der Waals surface area contributed by atoms with Gasteiger partial charge in [-0.3, -0.25) is 0 Å². The van der Waals surface area contributed by atoms with Crippen LogP contribution in [0.4, 0.5) is 0 Å². The van der Waals surface area contributed by atoms with E-state index in [0.717, 1.165) is 30.8 Å². The molecule has 0 radical (unpaired) electrons. The van der Waals surface area contributed by atoms with E-state index in [1.807, 2.05) is 36.4 Å². The topological polar surface area (TPSA) is 34.1 Å². The second kappa shape index (κ2) is 5.19. The number of hydrogen-bond acceptors (Lipinski definition) is 3. The average Bonchev–Trinajstić information content (AvgIpc) is 2.93. The maximum absolute atomic E-state index is 5.86. The standard InChI is InChI=1S/C15H16N2O/c1-2-5-12(6-3-1)14-7-4-8-15(17-14)18-13-9-10-16-11-13/h1-8,13,16H,9-11H2. The minimum Gasteiger partial charge on any atom is -0.473 e. The Labute approximate surface area is 107 Å². The van der Waals surface area contributed by atoms with E-state index >= 15 is 0 Å². The normalized spacial score (nSPS) is 18.8. The molecule has 1 N–H and O–H groups in total. The highest BCUT2D eigenvalue weighted by Crippen LogP contribution is 2.20. The number of ether oxygens (including phenoxy) is 1. The van der Waals surface area contributed by atoms with Crippen LogP contribution in [-0.2, 0) is 0 Å². The van der Waals surface area contributed by atoms with Crippen LogP contribution in [0.3, 0.4) is 0 Å². The quantitative estimate of drug-likeness (QED) is 0.895. The van der Waals surface area contributed by atoms with Crippen molar-refractivity contribution in [2.75, 3.05) is 13.1 Å². The smallest absolute Gasteiger partial charge is 0.214 e. The van der Waals surface area contributed by atoms with Crippen molar-refractivity contribution in [1.82, 2.24) is 10.3 Å². The largest absolute Gasteiger partial charge is 0.473 e. The summed E-state index contributed by atoms with van der Waals surface area (Å²) in [6.45, 7) is 1.94. The van der Waals surface area contributed by atoms with Crippen LogP contribution in [0.25, 0.3) is 11.3 Å². The van der Waals surface area contributed by atoms with Gasteiger partial charge in [-0.05, 0) is 19.0 Å². The molecule has 92 valence electrons. The lowest BCUT2D eigenvalue weighted by Gasteiger charge is -2.12. The highest BCUT2D eigenvalue weighted by atomic mass is 16.5. The number of nitrogens with one attached hydrogen (secondary N) is 1. The molecule has 0 amide bonds. The lowest BCUT2D eigenvalue weighted by Crippen LogP contribution is -2.20. The number of aromatic nitrogens is 1. The summed E-state index contributed by atoms with van der Waals surface area (Å²) in [6, 6.07) is 16.1. The van der Waals surface area contributed by atoms with E-state index in [-0.39, 0.29) is 6.10 Å². The number of benzene rings is 1. The summed E-state index contributed by atoms with van der Waals surface area (Å²) in [5.41, 5.74) is 2.08. The first-order valence-corrected chi connectivity index (χ1v) is 6.32. The molecular formula is C15H16N2O. The molecule has 3 rings (SSSR count). The molecule has 0 spiro atoms. The van der Waals surface area contributed by atoms with E-state index < -0.39 is 0 Å². The fourth-order valence-electron chi connectivity index (χ4n) is 2.15. The fourth-order valence-corrected chi connectivity index (χ4v) is 2.15. The highest BCUT2D eigenvalue weighted by molar-refractivity contribution is 5.59. The molecule has 1 aliphatic rings. The minimum atomic E-state index is 0.253. The first kappa shape index (κ1) is 11.2. The Morgan fingerprint density at radius 1 is 1.06 bits per heavy atom. The average molecular weight is 240 g/mol. The van der Waals surface area contributed by atoms with E-state index in [1.165, 1.54) is 0 Å². The Bertz CT molecular complexity index is 507. The molecule has 18 heavy (non-hydrogen) atoms. The van der Waals surface area contributed by atoms with Crippen molar-refractivity contribution in [2.24, 2.45) is 0 Å². The van der Waals surface area contributed by atoms with Crippen LogP contribution in [0.15, 0.2) is 48.5 Å². The van der Waals surface area contributed by atoms with Crippen LogP contribution < -0.4 is 10.1 Å². The van der Waals surface area contributed by atoms with E-state index in [9.17, 15) is 0 Å². The van der Waals surface area contributed by atoms with Gasteiger partial charge in [-0.2, -0.15) is 0 Å². The van der Waals surface area contributed by atoms with Crippen LogP contribution in [0, 0.1) is 0 Å². The maximum Gasteiger partial charge on any atom is 0.214 e. The second-order valence-corrected chi connectivity index (χ2v) is 4.46. The third-order valence-electron chi connectivity index (χ3n) is 3.10. The Morgan fingerprint density at radius 2 is 1.94 bits per heavy atom. The third kappa shape index (κ3) is 2.51. The molecule has 1 atom stereocenters. The molecule has 1 aromatic heterocycles. The molecule has 3 nitrogen and oxygen atoms in total. The summed E-state index contributed by atoms with van der Waals surface area (Å²) < 4.78 is 5.86. The van der Waals surface area contributed by atoms with Gasteiger partial charge in [0.25, 0.3) is 0 Å². The number of rotatable bonds is 3. The zero-order valence-corrected chi connectivity index (χ0v) is 10.2. The van der Waals surface area contributed by atoms with Gasteiger partial charge in [0.15, 0.2) is 0 Å². The second-order valence-electron chi connectivity index (χ2n) is 4.46. The van der Waals surface area contributed by atoms with Gasteiger partial charge in [0, 0.05) is 18.2 Å². The molecule has 0 aliphatic carbocycles. The Kier molecular flexibility index (Phi) is 3.24. The highest BCUT2D eigenvalue weighted by Gasteiger charge is 2.16. The molecule has 1 aromatic carbocycles. The lowest BCUT2D eigenvalue weighted by molar-refractivity contribution is 0.214. The molecule has 1 fully saturated rings. The van der Waals surface area contributed by atoms with Gasteiger partial charge in [0.05, 0.1) is 5.69 Å². The summed E-state index contributed by atoms with van der Waals surface area (Å²) >= 11 is 0. The molecule has 1 unspecified atom stereocenters. The monoisotopic (exact) mass is 240 g/mol. The SMILES string of the molecule is c1ccc(-c2cccc(OC3CCNC3)n2)cc1. The molecule has 1 saturated heterocycles. The Hall–Kier alpha value is -1.87. The van der Waals surface area contributed by atoms with Crippen LogP contribution >= 0.6 is 0 Å². The minimum absolute atomic E-state index is 0.253. The van der Waals surface area contributed by atoms with Crippen LogP contribution in [-0.4, -0.2) is 24.2 Å². The van der Waals surface area contributed by atoms with Crippen LogP contribution in [0.1, 0.15) is 6.42 Å². The van der Waals surface area contributed by atoms with Crippen molar-refractivity contribution >= 4 is 0 Å². The molecular weight excluding hydrogens is 224 g/mol. The van der Waals surface area contributed by atoms with Gasteiger partial charge in [-0.15, -0.1) is 0 Å². The first-order chi connectivity index (χ1) is 8.92. The lowest BCUT2D eigenvalue weighted by atomic mass is 10.1. The van der Waals surface area contributed by atoms with Crippen molar-refractivity contribution in [2.45, 2.75) is 12.5 Å². The summed E-state index contributed by atoms with van der Waals surface area (Å²) in [4.78, 5) is 4.56. The zero-order valence-electron chi connectivity index (χ0n) is 10.2. The fraction of sp³-hybridized carbons (Fsp3) is 0.267. The first-order valence-electron chi connectivity index (χ1n) is 6.32. The number of nitrogens with zero attached hydrogens (tertiary/aromatic N) is 1. The maximum atomic E-state index is 5.86. The molecule has 0 bridgehead atoms. The van der Waals surface area contributed by atoms with Gasteiger partial charge in [0.1, 0.15) is 6.10 Å². The zero-order chi connectivity index (χ0) is 12.2. The summed E-state index contributed by atoms with van der Waals surface area (Å²) in [7, 11) is 0. The molecule has 0 saturated carbocycles. The number of pyridine rings is 1. The van der Waals surface area contributed by atoms with E-state index in [0.29, 0.717) is 5.88 Å². The van der Waals surface area contributed by atoms with Crippen LogP contribution in [0.5, 0.6) is 5.88 Å². The van der Waals surface area contributed by atoms with Crippen LogP contribution in [0.2, 0.25) is 0 Å². The summed E-state index contributed by atoms with van der Waals surface area (Å²) in [5, 5.41) is 3.29. The van der Waals surface area contributed by atoms with Gasteiger partial charge in [0.2, 0.25) is 5.88 Å². The Morgan fingerprint density at radius 3 is 2.72 bits per heavy atom. The molecule has 3 heteroatoms. The Balaban J connectivity index is 1.80. The van der Waals surface area contributed by atoms with E-state index in [4.69, 9.17) is 4.74 Å². The van der Waals surface area contributed by atoms with Crippen molar-refractivity contribution in [1.29, 1.82) is 0 Å². The van der Waals surface area contributed by atoms with E-state index in [2.05, 4.69) is 22.4 Å². The van der Waals surface area contributed by atoms with Crippen molar-refractivity contribution in [3.8, 4) is 17.1 Å². The van der Waals surface area contributed by atoms with Gasteiger partial charge in [-0.25, -0.2) is 4.98 Å². The predicted molar refractivity (Wildman–Crippen MR) is 71.6 cm³/mol. The van der Waals surface area contributed by atoms with Gasteiger partial charge in [-0.1, -0.05) is 36.4 Å². The molecule has 2 heterocycles. The van der Waals surface area contributed by atoms with Crippen molar-refractivity contribution < 1.29 is 4.74 Å².